The summed E-state index contributed by atoms with van der Waals surface area (Å²) < 4.78 is 38.4. The molecule has 3 atom stereocenters. The maximum atomic E-state index is 14.6. The van der Waals surface area contributed by atoms with Crippen molar-refractivity contribution in [3.63, 3.8) is 0 Å². The Hall–Kier alpha value is -3.20. The second kappa shape index (κ2) is 12.4. The van der Waals surface area contributed by atoms with Gasteiger partial charge in [-0.1, -0.05) is 11.6 Å². The van der Waals surface area contributed by atoms with Crippen molar-refractivity contribution >= 4 is 29.4 Å². The van der Waals surface area contributed by atoms with Crippen LogP contribution in [0.4, 0.5) is 8.78 Å². The first-order valence-electron chi connectivity index (χ1n) is 15.3. The average molecular weight is 670 g/mol. The molecule has 4 aliphatic rings. The van der Waals surface area contributed by atoms with E-state index in [1.54, 1.807) is 28.9 Å². The zero-order chi connectivity index (χ0) is 33.8. The smallest absolute Gasteiger partial charge is 0.312 e. The number of methoxy groups -OCH3 is 1. The number of halogens is 3. The van der Waals surface area contributed by atoms with Crippen LogP contribution >= 0.6 is 11.6 Å². The summed E-state index contributed by atoms with van der Waals surface area (Å²) in [7, 11) is 2.45. The molecule has 2 unspecified atom stereocenters. The molecule has 0 radical (unpaired) electrons. The van der Waals surface area contributed by atoms with Gasteiger partial charge < -0.3 is 40.2 Å². The van der Waals surface area contributed by atoms with Gasteiger partial charge in [0.2, 0.25) is 11.8 Å². The highest BCUT2D eigenvalue weighted by atomic mass is 35.5. The first-order chi connectivity index (χ1) is 21.5. The molecule has 6 N–H and O–H groups in total. The largest absolute Gasteiger partial charge is 0.487 e. The molecule has 2 saturated carbocycles. The molecule has 2 aliphatic heterocycles. The highest BCUT2D eigenvalue weighted by Crippen LogP contribution is 2.54. The number of rotatable bonds is 9. The number of carbonyl (C=O) groups is 3. The maximum absolute atomic E-state index is 14.6. The van der Waals surface area contributed by atoms with Crippen LogP contribution in [0.25, 0.3) is 0 Å². The van der Waals surface area contributed by atoms with E-state index in [4.69, 9.17) is 32.7 Å². The number of hydrogen-bond acceptors (Lipinski definition) is 10. The Labute approximate surface area is 271 Å². The van der Waals surface area contributed by atoms with Crippen molar-refractivity contribution in [1.29, 1.82) is 0 Å². The predicted molar refractivity (Wildman–Crippen MR) is 162 cm³/mol. The third kappa shape index (κ3) is 6.36. The van der Waals surface area contributed by atoms with Gasteiger partial charge in [-0.2, -0.15) is 0 Å². The number of allylic oxidation sites excluding steroid dienone is 1. The summed E-state index contributed by atoms with van der Waals surface area (Å²) in [6.07, 6.45) is -0.940. The zero-order valence-corrected chi connectivity index (χ0v) is 27.0. The number of alkyl halides is 2. The van der Waals surface area contributed by atoms with Gasteiger partial charge in [-0.25, -0.2) is 14.6 Å². The van der Waals surface area contributed by atoms with Crippen molar-refractivity contribution in [3.8, 4) is 5.75 Å². The van der Waals surface area contributed by atoms with Crippen LogP contribution < -0.4 is 16.3 Å². The van der Waals surface area contributed by atoms with E-state index < -0.39 is 60.2 Å². The lowest BCUT2D eigenvalue weighted by Gasteiger charge is -2.47. The molecule has 12 nitrogen and oxygen atoms in total. The number of ether oxygens (including phenoxy) is 2. The van der Waals surface area contributed by atoms with E-state index >= 15 is 0 Å². The number of likely N-dealkylation sites (tertiary alicyclic amines) is 1. The molecule has 3 fully saturated rings. The number of benzene rings is 1. The van der Waals surface area contributed by atoms with Crippen LogP contribution in [0.2, 0.25) is 5.02 Å². The van der Waals surface area contributed by atoms with E-state index in [9.17, 15) is 33.4 Å². The van der Waals surface area contributed by atoms with E-state index in [2.05, 4.69) is 0 Å². The number of esters is 1. The van der Waals surface area contributed by atoms with E-state index in [0.717, 1.165) is 17.9 Å². The van der Waals surface area contributed by atoms with Gasteiger partial charge in [0, 0.05) is 56.5 Å². The normalized spacial score (nSPS) is 27.0. The van der Waals surface area contributed by atoms with Crippen LogP contribution in [0.3, 0.4) is 0 Å². The summed E-state index contributed by atoms with van der Waals surface area (Å²) in [6, 6.07) is 2.34. The summed E-state index contributed by atoms with van der Waals surface area (Å²) >= 11 is 6.67. The Morgan fingerprint density at radius 2 is 1.91 bits per heavy atom. The summed E-state index contributed by atoms with van der Waals surface area (Å²) in [5, 5.41) is 22.4. The fourth-order valence-corrected chi connectivity index (χ4v) is 7.56. The standard InChI is InChI=1S/C31H42ClF2N5O7/c1-29(28(42)45-3)7-10-31(43,44)12-18(29)27(41)39-11-6-17-19(32)4-5-22(46-15-20(35)25(26(33)34)37(2)36)24(17)21(39)14-38-16-30(8-9-30)13-23(38)40/h4-5,18,21,26,43-44H,6-16,35-36H2,1-3H3/b25-20-/t18?,21?,29-/m0/s1. The number of aliphatic hydroxyl groups is 2. The van der Waals surface area contributed by atoms with E-state index in [1.165, 1.54) is 14.2 Å². The monoisotopic (exact) mass is 669 g/mol. The Morgan fingerprint density at radius 3 is 2.50 bits per heavy atom. The fourth-order valence-electron chi connectivity index (χ4n) is 7.30. The van der Waals surface area contributed by atoms with Gasteiger partial charge in [0.05, 0.1) is 30.2 Å². The predicted octanol–water partition coefficient (Wildman–Crippen LogP) is 2.06. The number of hydrogen-bond donors (Lipinski definition) is 4. The molecular formula is C31H42ClF2N5O7. The molecular weight excluding hydrogens is 628 g/mol. The van der Waals surface area contributed by atoms with Crippen molar-refractivity contribution in [1.82, 2.24) is 14.8 Å². The van der Waals surface area contributed by atoms with Gasteiger partial charge in [0.15, 0.2) is 5.79 Å². The third-order valence-electron chi connectivity index (χ3n) is 10.2. The summed E-state index contributed by atoms with van der Waals surface area (Å²) in [6.45, 7) is 1.88. The molecule has 1 spiro atoms. The fraction of sp³-hybridized carbons (Fsp3) is 0.645. The topological polar surface area (TPSA) is 172 Å². The number of nitrogens with two attached hydrogens (primary N) is 2. The van der Waals surface area contributed by atoms with E-state index in [-0.39, 0.29) is 55.1 Å². The molecule has 2 heterocycles. The molecule has 15 heteroatoms. The lowest BCUT2D eigenvalue weighted by atomic mass is 9.64. The second-order valence-electron chi connectivity index (χ2n) is 13.4. The van der Waals surface area contributed by atoms with Crippen molar-refractivity contribution in [2.24, 2.45) is 28.3 Å². The number of nitrogens with zero attached hydrogens (tertiary/aromatic N) is 3. The maximum Gasteiger partial charge on any atom is 0.312 e. The minimum Gasteiger partial charge on any atom is -0.487 e. The molecule has 1 saturated heterocycles. The molecule has 1 aromatic carbocycles. The molecule has 0 bridgehead atoms. The zero-order valence-electron chi connectivity index (χ0n) is 26.2. The molecule has 1 aromatic rings. The molecule has 2 aliphatic carbocycles. The van der Waals surface area contributed by atoms with Crippen molar-refractivity contribution in [3.05, 3.63) is 39.7 Å². The minimum absolute atomic E-state index is 0.000829. The number of fused-ring (bicyclic) bond motifs is 1. The average Bonchev–Trinajstić information content (AvgIpc) is 3.67. The summed E-state index contributed by atoms with van der Waals surface area (Å²) in [4.78, 5) is 44.1. The first kappa shape index (κ1) is 34.1. The molecule has 46 heavy (non-hydrogen) atoms. The number of amides is 2. The van der Waals surface area contributed by atoms with Gasteiger partial charge in [-0.05, 0) is 55.7 Å². The van der Waals surface area contributed by atoms with Gasteiger partial charge in [-0.3, -0.25) is 14.4 Å². The SMILES string of the molecule is COC(=O)[C@@]1(C)CCC(O)(O)CC1C(=O)N1CCc2c(Cl)ccc(OC/C(N)=C(\C(F)F)N(C)N)c2C1CN1CC2(CC2)CC1=O. The van der Waals surface area contributed by atoms with Crippen LogP contribution in [0.1, 0.15) is 62.6 Å². The highest BCUT2D eigenvalue weighted by molar-refractivity contribution is 6.31. The van der Waals surface area contributed by atoms with Gasteiger partial charge in [-0.15, -0.1) is 0 Å². The Morgan fingerprint density at radius 1 is 1.22 bits per heavy atom. The molecule has 5 rings (SSSR count). The van der Waals surface area contributed by atoms with Gasteiger partial charge >= 0.3 is 5.97 Å². The number of hydrazine groups is 1. The highest BCUT2D eigenvalue weighted by Gasteiger charge is 2.56. The lowest BCUT2D eigenvalue weighted by molar-refractivity contribution is -0.218. The Kier molecular flexibility index (Phi) is 9.23. The molecule has 2 amide bonds. The van der Waals surface area contributed by atoms with Crippen LogP contribution in [0, 0.1) is 16.7 Å². The van der Waals surface area contributed by atoms with Crippen LogP contribution in [-0.2, 0) is 25.5 Å². The summed E-state index contributed by atoms with van der Waals surface area (Å²) in [5.74, 6) is 1.25. The molecule has 254 valence electrons. The first-order valence-corrected chi connectivity index (χ1v) is 15.7. The van der Waals surface area contributed by atoms with Crippen molar-refractivity contribution in [2.45, 2.75) is 70.1 Å². The number of carbonyl (C=O) groups excluding carboxylic acids is 3. The van der Waals surface area contributed by atoms with Crippen LogP contribution in [-0.4, -0.2) is 95.4 Å². The third-order valence-corrected chi connectivity index (χ3v) is 10.6. The van der Waals surface area contributed by atoms with Gasteiger partial charge in [0.25, 0.3) is 6.43 Å². The Bertz CT molecular complexity index is 1430. The van der Waals surface area contributed by atoms with Gasteiger partial charge in [0.1, 0.15) is 18.1 Å². The lowest BCUT2D eigenvalue weighted by Crippen LogP contribution is -2.56. The van der Waals surface area contributed by atoms with Crippen LogP contribution in [0.15, 0.2) is 23.5 Å². The van der Waals surface area contributed by atoms with E-state index in [1.807, 2.05) is 0 Å². The second-order valence-corrected chi connectivity index (χ2v) is 13.9. The van der Waals surface area contributed by atoms with E-state index in [0.29, 0.717) is 29.1 Å². The quantitative estimate of drug-likeness (QED) is 0.132. The Balaban J connectivity index is 1.56. The van der Waals surface area contributed by atoms with Crippen LogP contribution in [0.5, 0.6) is 5.75 Å². The summed E-state index contributed by atoms with van der Waals surface area (Å²) in [5.41, 5.74) is 4.80. The molecule has 0 aromatic heterocycles. The van der Waals surface area contributed by atoms with Crippen molar-refractivity contribution in [2.75, 3.05) is 40.4 Å². The minimum atomic E-state index is -2.96. The van der Waals surface area contributed by atoms with Crippen molar-refractivity contribution < 1.29 is 42.9 Å².